The fraction of sp³-hybridized carbons (Fsp3) is 0.417. The maximum absolute atomic E-state index is 11.3. The van der Waals surface area contributed by atoms with Crippen molar-refractivity contribution in [3.8, 4) is 5.75 Å². The quantitative estimate of drug-likeness (QED) is 0.760. The molecule has 0 fully saturated rings. The maximum Gasteiger partial charge on any atom is 0.260 e. The number of nitrogens with two attached hydrogens (primary N) is 1. The number of amides is 1. The molecule has 0 saturated heterocycles. The minimum Gasteiger partial charge on any atom is -0.481 e. The molecule has 1 aromatic carbocycles. The molecule has 0 radical (unpaired) electrons. The number of carbonyl (C=O) groups excluding carboxylic acids is 1. The molecule has 3 N–H and O–H groups in total. The number of hydrogen-bond donors (Lipinski definition) is 2. The van der Waals surface area contributed by atoms with Gasteiger partial charge in [0.2, 0.25) is 0 Å². The van der Waals surface area contributed by atoms with Gasteiger partial charge in [0.15, 0.2) is 6.10 Å². The van der Waals surface area contributed by atoms with Gasteiger partial charge < -0.3 is 15.8 Å². The van der Waals surface area contributed by atoms with Crippen LogP contribution in [0.4, 0.5) is 5.69 Å². The van der Waals surface area contributed by atoms with Gasteiger partial charge in [-0.25, -0.2) is 0 Å². The normalized spacial score (nSPS) is 12.0. The number of carbonyl (C=O) groups is 1. The second kappa shape index (κ2) is 4.88. The standard InChI is InChI=1S/C12H18N2O2/c1-7-6-11(8(2)5-10(7)13)16-9(3)12(15)14-4/h5-6,9H,13H2,1-4H3,(H,14,15). The fourth-order valence-corrected chi connectivity index (χ4v) is 1.39. The summed E-state index contributed by atoms with van der Waals surface area (Å²) in [5, 5.41) is 2.54. The SMILES string of the molecule is CNC(=O)C(C)Oc1cc(C)c(N)cc1C. The van der Waals surface area contributed by atoms with Gasteiger partial charge in [-0.1, -0.05) is 0 Å². The van der Waals surface area contributed by atoms with Gasteiger partial charge in [0, 0.05) is 12.7 Å². The Morgan fingerprint density at radius 3 is 2.56 bits per heavy atom. The number of nitrogens with one attached hydrogen (secondary N) is 1. The van der Waals surface area contributed by atoms with Gasteiger partial charge in [-0.2, -0.15) is 0 Å². The van der Waals surface area contributed by atoms with Gasteiger partial charge >= 0.3 is 0 Å². The Morgan fingerprint density at radius 1 is 1.38 bits per heavy atom. The van der Waals surface area contributed by atoms with Crippen LogP contribution >= 0.6 is 0 Å². The Balaban J connectivity index is 2.89. The summed E-state index contributed by atoms with van der Waals surface area (Å²) in [5.74, 6) is 0.552. The summed E-state index contributed by atoms with van der Waals surface area (Å²) in [4.78, 5) is 11.3. The molecular weight excluding hydrogens is 204 g/mol. The number of ether oxygens (including phenoxy) is 1. The van der Waals surface area contributed by atoms with Gasteiger partial charge in [0.25, 0.3) is 5.91 Å². The van der Waals surface area contributed by atoms with Crippen LogP contribution in [-0.2, 0) is 4.79 Å². The molecule has 4 heteroatoms. The summed E-state index contributed by atoms with van der Waals surface area (Å²) in [5.41, 5.74) is 8.38. The third-order valence-electron chi connectivity index (χ3n) is 2.48. The Bertz CT molecular complexity index is 402. The molecule has 88 valence electrons. The first-order chi connectivity index (χ1) is 7.45. The molecule has 0 aromatic heterocycles. The van der Waals surface area contributed by atoms with Crippen LogP contribution in [0.25, 0.3) is 0 Å². The summed E-state index contributed by atoms with van der Waals surface area (Å²) in [7, 11) is 1.59. The van der Waals surface area contributed by atoms with Crippen LogP contribution < -0.4 is 15.8 Å². The van der Waals surface area contributed by atoms with E-state index < -0.39 is 6.10 Å². The van der Waals surface area contributed by atoms with Crippen molar-refractivity contribution in [1.29, 1.82) is 0 Å². The van der Waals surface area contributed by atoms with E-state index in [1.165, 1.54) is 0 Å². The maximum atomic E-state index is 11.3. The molecule has 0 bridgehead atoms. The van der Waals surface area contributed by atoms with Crippen LogP contribution in [0.1, 0.15) is 18.1 Å². The molecule has 16 heavy (non-hydrogen) atoms. The summed E-state index contributed by atoms with van der Waals surface area (Å²) in [6.07, 6.45) is -0.508. The molecule has 1 amide bonds. The van der Waals surface area contributed by atoms with E-state index in [2.05, 4.69) is 5.32 Å². The van der Waals surface area contributed by atoms with Gasteiger partial charge in [0.1, 0.15) is 5.75 Å². The van der Waals surface area contributed by atoms with E-state index in [4.69, 9.17) is 10.5 Å². The third-order valence-corrected chi connectivity index (χ3v) is 2.48. The largest absolute Gasteiger partial charge is 0.481 e. The molecule has 1 unspecified atom stereocenters. The van der Waals surface area contributed by atoms with Crippen molar-refractivity contribution in [2.24, 2.45) is 0 Å². The first kappa shape index (κ1) is 12.4. The van der Waals surface area contributed by atoms with Crippen LogP contribution in [0.15, 0.2) is 12.1 Å². The van der Waals surface area contributed by atoms with Crippen molar-refractivity contribution in [2.45, 2.75) is 26.9 Å². The van der Waals surface area contributed by atoms with Gasteiger partial charge in [0.05, 0.1) is 0 Å². The number of benzene rings is 1. The molecule has 4 nitrogen and oxygen atoms in total. The minimum atomic E-state index is -0.508. The lowest BCUT2D eigenvalue weighted by atomic mass is 10.1. The van der Waals surface area contributed by atoms with E-state index in [0.29, 0.717) is 5.75 Å². The first-order valence-electron chi connectivity index (χ1n) is 5.20. The Kier molecular flexibility index (Phi) is 3.77. The predicted octanol–water partition coefficient (Wildman–Crippen LogP) is 1.40. The van der Waals surface area contributed by atoms with E-state index in [0.717, 1.165) is 16.8 Å². The minimum absolute atomic E-state index is 0.145. The monoisotopic (exact) mass is 222 g/mol. The molecule has 0 aliphatic carbocycles. The average molecular weight is 222 g/mol. The van der Waals surface area contributed by atoms with Gasteiger partial charge in [-0.05, 0) is 44.0 Å². The highest BCUT2D eigenvalue weighted by atomic mass is 16.5. The lowest BCUT2D eigenvalue weighted by molar-refractivity contribution is -0.126. The van der Waals surface area contributed by atoms with Gasteiger partial charge in [-0.3, -0.25) is 4.79 Å². The number of hydrogen-bond acceptors (Lipinski definition) is 3. The zero-order valence-corrected chi connectivity index (χ0v) is 10.1. The number of likely N-dealkylation sites (N-methyl/N-ethyl adjacent to an activating group) is 1. The second-order valence-corrected chi connectivity index (χ2v) is 3.85. The molecule has 0 aliphatic heterocycles. The second-order valence-electron chi connectivity index (χ2n) is 3.85. The number of rotatable bonds is 3. The van der Waals surface area contributed by atoms with E-state index in [1.807, 2.05) is 26.0 Å². The van der Waals surface area contributed by atoms with Gasteiger partial charge in [-0.15, -0.1) is 0 Å². The molecule has 0 heterocycles. The Hall–Kier alpha value is -1.71. The highest BCUT2D eigenvalue weighted by molar-refractivity contribution is 5.80. The predicted molar refractivity (Wildman–Crippen MR) is 64.5 cm³/mol. The van der Waals surface area contributed by atoms with Crippen molar-refractivity contribution >= 4 is 11.6 Å². The molecular formula is C12H18N2O2. The third kappa shape index (κ3) is 2.66. The van der Waals surface area contributed by atoms with Crippen LogP contribution in [0, 0.1) is 13.8 Å². The van der Waals surface area contributed by atoms with Crippen LogP contribution in [0.2, 0.25) is 0 Å². The summed E-state index contributed by atoms with van der Waals surface area (Å²) in [6, 6.07) is 3.70. The summed E-state index contributed by atoms with van der Waals surface area (Å²) in [6.45, 7) is 5.53. The molecule has 0 saturated carbocycles. The van der Waals surface area contributed by atoms with Crippen molar-refractivity contribution in [1.82, 2.24) is 5.32 Å². The zero-order valence-electron chi connectivity index (χ0n) is 10.1. The number of nitrogen functional groups attached to an aromatic ring is 1. The van der Waals surface area contributed by atoms with E-state index >= 15 is 0 Å². The van der Waals surface area contributed by atoms with Crippen molar-refractivity contribution in [3.63, 3.8) is 0 Å². The highest BCUT2D eigenvalue weighted by Gasteiger charge is 2.14. The lowest BCUT2D eigenvalue weighted by Gasteiger charge is -2.16. The Morgan fingerprint density at radius 2 is 2.00 bits per heavy atom. The van der Waals surface area contributed by atoms with Crippen molar-refractivity contribution in [3.05, 3.63) is 23.3 Å². The molecule has 0 aliphatic rings. The topological polar surface area (TPSA) is 64.3 Å². The summed E-state index contributed by atoms with van der Waals surface area (Å²) < 4.78 is 5.57. The van der Waals surface area contributed by atoms with E-state index in [1.54, 1.807) is 14.0 Å². The Labute approximate surface area is 95.8 Å². The van der Waals surface area contributed by atoms with Crippen molar-refractivity contribution < 1.29 is 9.53 Å². The lowest BCUT2D eigenvalue weighted by Crippen LogP contribution is -2.33. The smallest absolute Gasteiger partial charge is 0.260 e. The van der Waals surface area contributed by atoms with Crippen molar-refractivity contribution in [2.75, 3.05) is 12.8 Å². The molecule has 1 rings (SSSR count). The molecule has 1 atom stereocenters. The average Bonchev–Trinajstić information content (AvgIpc) is 2.24. The number of anilines is 1. The fourth-order valence-electron chi connectivity index (χ4n) is 1.39. The number of aryl methyl sites for hydroxylation is 2. The highest BCUT2D eigenvalue weighted by Crippen LogP contribution is 2.25. The summed E-state index contributed by atoms with van der Waals surface area (Å²) >= 11 is 0. The van der Waals surface area contributed by atoms with E-state index in [9.17, 15) is 4.79 Å². The van der Waals surface area contributed by atoms with Crippen LogP contribution in [0.5, 0.6) is 5.75 Å². The van der Waals surface area contributed by atoms with E-state index in [-0.39, 0.29) is 5.91 Å². The van der Waals surface area contributed by atoms with Crippen LogP contribution in [0.3, 0.4) is 0 Å². The van der Waals surface area contributed by atoms with Crippen LogP contribution in [-0.4, -0.2) is 19.1 Å². The molecule has 0 spiro atoms. The molecule has 1 aromatic rings. The zero-order chi connectivity index (χ0) is 12.3. The first-order valence-corrected chi connectivity index (χ1v) is 5.20.